The first-order chi connectivity index (χ1) is 5.66. The Labute approximate surface area is 82.4 Å². The number of aliphatic imine (C=N–C) groups is 1. The summed E-state index contributed by atoms with van der Waals surface area (Å²) in [4.78, 5) is 3.79. The van der Waals surface area contributed by atoms with Crippen molar-refractivity contribution in [3.8, 4) is 0 Å². The van der Waals surface area contributed by atoms with Gasteiger partial charge in [-0.3, -0.25) is 4.99 Å². The van der Waals surface area contributed by atoms with E-state index in [-0.39, 0.29) is 0 Å². The van der Waals surface area contributed by atoms with Crippen LogP contribution in [-0.2, 0) is 0 Å². The number of nitrogens with zero attached hydrogens (tertiary/aromatic N) is 1. The number of guanidine groups is 1. The summed E-state index contributed by atoms with van der Waals surface area (Å²) in [6, 6.07) is 0. The summed E-state index contributed by atoms with van der Waals surface area (Å²) in [5.74, 6) is 1.57. The molecule has 0 aliphatic heterocycles. The molecular weight excluding hydrogens is 190 g/mol. The molecule has 12 heavy (non-hydrogen) atoms. The van der Waals surface area contributed by atoms with Gasteiger partial charge in [-0.2, -0.15) is 0 Å². The van der Waals surface area contributed by atoms with Gasteiger partial charge in [0, 0.05) is 24.6 Å². The van der Waals surface area contributed by atoms with Crippen molar-refractivity contribution in [2.75, 3.05) is 19.3 Å². The van der Waals surface area contributed by atoms with Gasteiger partial charge in [-0.15, -0.1) is 0 Å². The van der Waals surface area contributed by atoms with Crippen LogP contribution in [0.15, 0.2) is 4.99 Å². The maximum Gasteiger partial charge on any atom is 0.188 e. The van der Waals surface area contributed by atoms with Crippen LogP contribution in [0.4, 0.5) is 0 Å². The first-order valence-corrected chi connectivity index (χ1v) is 6.29. The Kier molecular flexibility index (Phi) is 7.59. The second-order valence-corrected chi connectivity index (χ2v) is 5.57. The van der Waals surface area contributed by atoms with Crippen LogP contribution in [0.25, 0.3) is 0 Å². The normalized spacial score (nSPS) is 12.2. The van der Waals surface area contributed by atoms with Crippen LogP contribution in [0.5, 0.6) is 0 Å². The van der Waals surface area contributed by atoms with E-state index in [2.05, 4.69) is 24.2 Å². The fourth-order valence-corrected chi connectivity index (χ4v) is 2.39. The standard InChI is InChI=1S/C7H17N3S2/c1-6(2)12-11-5-4-10-7(8)9-3/h6H,4-5H2,1-3H3,(H3,8,9,10). The number of hydrogen-bond acceptors (Lipinski definition) is 3. The Morgan fingerprint density at radius 3 is 2.75 bits per heavy atom. The van der Waals surface area contributed by atoms with Crippen molar-refractivity contribution in [2.24, 2.45) is 10.7 Å². The number of rotatable bonds is 5. The third-order valence-corrected chi connectivity index (χ3v) is 3.95. The molecule has 72 valence electrons. The summed E-state index contributed by atoms with van der Waals surface area (Å²) < 4.78 is 0. The van der Waals surface area contributed by atoms with Crippen molar-refractivity contribution in [3.05, 3.63) is 0 Å². The minimum absolute atomic E-state index is 0.519. The molecule has 5 heteroatoms. The van der Waals surface area contributed by atoms with Gasteiger partial charge in [0.25, 0.3) is 0 Å². The maximum absolute atomic E-state index is 5.44. The minimum atomic E-state index is 0.519. The van der Waals surface area contributed by atoms with Crippen LogP contribution in [0, 0.1) is 0 Å². The number of hydrogen-bond donors (Lipinski definition) is 2. The Hall–Kier alpha value is -0.0300. The Bertz CT molecular complexity index is 137. The largest absolute Gasteiger partial charge is 0.370 e. The zero-order valence-corrected chi connectivity index (χ0v) is 9.47. The highest BCUT2D eigenvalue weighted by Gasteiger charge is 1.94. The van der Waals surface area contributed by atoms with E-state index in [0.29, 0.717) is 11.2 Å². The zero-order valence-electron chi connectivity index (χ0n) is 7.83. The molecule has 0 aliphatic carbocycles. The van der Waals surface area contributed by atoms with E-state index in [0.717, 1.165) is 12.3 Å². The van der Waals surface area contributed by atoms with E-state index in [9.17, 15) is 0 Å². The van der Waals surface area contributed by atoms with E-state index < -0.39 is 0 Å². The predicted octanol–water partition coefficient (Wildman–Crippen LogP) is 1.31. The minimum Gasteiger partial charge on any atom is -0.370 e. The van der Waals surface area contributed by atoms with Crippen LogP contribution >= 0.6 is 21.6 Å². The van der Waals surface area contributed by atoms with E-state index in [4.69, 9.17) is 5.73 Å². The molecule has 0 amide bonds. The van der Waals surface area contributed by atoms with Gasteiger partial charge in [0.2, 0.25) is 0 Å². The molecule has 0 radical (unpaired) electrons. The molecule has 0 heterocycles. The molecule has 0 aromatic heterocycles. The van der Waals surface area contributed by atoms with E-state index >= 15 is 0 Å². The first-order valence-electron chi connectivity index (χ1n) is 3.91. The Morgan fingerprint density at radius 1 is 1.58 bits per heavy atom. The Balaban J connectivity index is 3.11. The van der Waals surface area contributed by atoms with E-state index in [1.165, 1.54) is 0 Å². The molecule has 3 nitrogen and oxygen atoms in total. The molecular formula is C7H17N3S2. The monoisotopic (exact) mass is 207 g/mol. The topological polar surface area (TPSA) is 50.4 Å². The lowest BCUT2D eigenvalue weighted by Gasteiger charge is -2.05. The first kappa shape index (κ1) is 12.0. The average Bonchev–Trinajstić information content (AvgIpc) is 2.03. The van der Waals surface area contributed by atoms with Crippen LogP contribution < -0.4 is 11.1 Å². The van der Waals surface area contributed by atoms with Crippen molar-refractivity contribution in [1.29, 1.82) is 0 Å². The summed E-state index contributed by atoms with van der Waals surface area (Å²) in [5, 5.41) is 3.69. The van der Waals surface area contributed by atoms with Gasteiger partial charge in [0.1, 0.15) is 0 Å². The number of nitrogens with one attached hydrogen (secondary N) is 1. The highest BCUT2D eigenvalue weighted by molar-refractivity contribution is 8.76. The molecule has 0 fully saturated rings. The van der Waals surface area contributed by atoms with Gasteiger partial charge in [-0.05, 0) is 0 Å². The molecule has 3 N–H and O–H groups in total. The third kappa shape index (κ3) is 8.07. The van der Waals surface area contributed by atoms with Crippen molar-refractivity contribution >= 4 is 27.5 Å². The second kappa shape index (κ2) is 7.61. The predicted molar refractivity (Wildman–Crippen MR) is 60.7 cm³/mol. The third-order valence-electron chi connectivity index (χ3n) is 0.993. The summed E-state index contributed by atoms with van der Waals surface area (Å²) in [6.07, 6.45) is 0. The molecule has 0 bridgehead atoms. The number of nitrogens with two attached hydrogens (primary N) is 1. The van der Waals surface area contributed by atoms with Crippen molar-refractivity contribution in [3.63, 3.8) is 0 Å². The lowest BCUT2D eigenvalue weighted by atomic mass is 10.6. The molecule has 0 saturated heterocycles. The van der Waals surface area contributed by atoms with E-state index in [1.54, 1.807) is 7.05 Å². The smallest absolute Gasteiger partial charge is 0.188 e. The molecule has 0 aliphatic rings. The van der Waals surface area contributed by atoms with E-state index in [1.807, 2.05) is 21.6 Å². The molecule has 0 rings (SSSR count). The fourth-order valence-electron chi connectivity index (χ4n) is 0.484. The highest BCUT2D eigenvalue weighted by Crippen LogP contribution is 2.25. The molecule has 0 aromatic rings. The summed E-state index contributed by atoms with van der Waals surface area (Å²) in [5.41, 5.74) is 5.44. The molecule has 0 aromatic carbocycles. The van der Waals surface area contributed by atoms with Crippen molar-refractivity contribution in [1.82, 2.24) is 5.32 Å². The zero-order chi connectivity index (χ0) is 9.40. The summed E-state index contributed by atoms with van der Waals surface area (Å²) in [6.45, 7) is 5.26. The van der Waals surface area contributed by atoms with Gasteiger partial charge in [0.15, 0.2) is 5.96 Å². The van der Waals surface area contributed by atoms with Gasteiger partial charge in [-0.25, -0.2) is 0 Å². The Morgan fingerprint density at radius 2 is 2.25 bits per heavy atom. The van der Waals surface area contributed by atoms with Crippen LogP contribution in [0.3, 0.4) is 0 Å². The molecule has 0 saturated carbocycles. The SMILES string of the molecule is CN=C(N)NCCSSC(C)C. The lowest BCUT2D eigenvalue weighted by Crippen LogP contribution is -2.32. The van der Waals surface area contributed by atoms with Crippen LogP contribution in [0.1, 0.15) is 13.8 Å². The van der Waals surface area contributed by atoms with Gasteiger partial charge in [-0.1, -0.05) is 35.4 Å². The summed E-state index contributed by atoms with van der Waals surface area (Å²) in [7, 11) is 5.42. The lowest BCUT2D eigenvalue weighted by molar-refractivity contribution is 0.961. The average molecular weight is 207 g/mol. The van der Waals surface area contributed by atoms with Gasteiger partial charge >= 0.3 is 0 Å². The summed E-state index contributed by atoms with van der Waals surface area (Å²) >= 11 is 0. The van der Waals surface area contributed by atoms with Crippen molar-refractivity contribution in [2.45, 2.75) is 19.1 Å². The second-order valence-electron chi connectivity index (χ2n) is 2.50. The molecule has 0 atom stereocenters. The van der Waals surface area contributed by atoms with Crippen LogP contribution in [-0.4, -0.2) is 30.6 Å². The van der Waals surface area contributed by atoms with Crippen LogP contribution in [0.2, 0.25) is 0 Å². The quantitative estimate of drug-likeness (QED) is 0.309. The van der Waals surface area contributed by atoms with Crippen molar-refractivity contribution < 1.29 is 0 Å². The highest BCUT2D eigenvalue weighted by atomic mass is 33.1. The molecule has 0 unspecified atom stereocenters. The van der Waals surface area contributed by atoms with Gasteiger partial charge in [0.05, 0.1) is 0 Å². The molecule has 0 spiro atoms. The fraction of sp³-hybridized carbons (Fsp3) is 0.857. The maximum atomic E-state index is 5.44. The van der Waals surface area contributed by atoms with Gasteiger partial charge < -0.3 is 11.1 Å².